The topological polar surface area (TPSA) is 77.6 Å². The smallest absolute Gasteiger partial charge is 0.259 e. The fourth-order valence-electron chi connectivity index (χ4n) is 0.603. The van der Waals surface area contributed by atoms with Crippen LogP contribution in [0.25, 0.3) is 0 Å². The SMILES string of the molecule is Nc1nc(/C([C]=O)=N/OCCl)cs1. The number of hydrogen-bond donors (Lipinski definition) is 1. The van der Waals surface area contributed by atoms with Crippen molar-refractivity contribution < 1.29 is 9.63 Å². The highest BCUT2D eigenvalue weighted by atomic mass is 35.5. The van der Waals surface area contributed by atoms with Crippen LogP contribution >= 0.6 is 22.9 Å². The van der Waals surface area contributed by atoms with E-state index in [4.69, 9.17) is 17.3 Å². The Morgan fingerprint density at radius 2 is 2.69 bits per heavy atom. The van der Waals surface area contributed by atoms with Gasteiger partial charge in [-0.2, -0.15) is 0 Å². The van der Waals surface area contributed by atoms with Gasteiger partial charge in [0.25, 0.3) is 6.29 Å². The molecule has 0 atom stereocenters. The molecule has 1 aromatic heterocycles. The lowest BCUT2D eigenvalue weighted by atomic mass is 10.3. The summed E-state index contributed by atoms with van der Waals surface area (Å²) >= 11 is 6.39. The van der Waals surface area contributed by atoms with Gasteiger partial charge in [-0.25, -0.2) is 4.98 Å². The quantitative estimate of drug-likeness (QED) is 0.460. The van der Waals surface area contributed by atoms with Gasteiger partial charge >= 0.3 is 0 Å². The van der Waals surface area contributed by atoms with Crippen molar-refractivity contribution in [3.8, 4) is 0 Å². The molecule has 0 aliphatic carbocycles. The van der Waals surface area contributed by atoms with E-state index in [2.05, 4.69) is 15.0 Å². The second kappa shape index (κ2) is 4.78. The Hall–Kier alpha value is -1.14. The highest BCUT2D eigenvalue weighted by Crippen LogP contribution is 2.11. The van der Waals surface area contributed by atoms with Crippen molar-refractivity contribution in [1.82, 2.24) is 4.98 Å². The fourth-order valence-corrected chi connectivity index (χ4v) is 1.20. The van der Waals surface area contributed by atoms with E-state index in [1.165, 1.54) is 11.3 Å². The van der Waals surface area contributed by atoms with Gasteiger partial charge in [-0.05, 0) is 0 Å². The number of anilines is 1. The molecule has 5 nitrogen and oxygen atoms in total. The van der Waals surface area contributed by atoms with Crippen LogP contribution in [0.5, 0.6) is 0 Å². The number of alkyl halides is 1. The maximum Gasteiger partial charge on any atom is 0.259 e. The van der Waals surface area contributed by atoms with E-state index in [0.29, 0.717) is 10.8 Å². The Bertz CT molecular complexity index is 325. The Labute approximate surface area is 83.2 Å². The molecule has 1 aromatic rings. The van der Waals surface area contributed by atoms with E-state index >= 15 is 0 Å². The number of rotatable bonds is 4. The number of nitrogen functional groups attached to an aromatic ring is 1. The van der Waals surface area contributed by atoms with Crippen LogP contribution in [0.3, 0.4) is 0 Å². The monoisotopic (exact) mass is 218 g/mol. The number of nitrogens with zero attached hydrogens (tertiary/aromatic N) is 2. The third-order valence-corrected chi connectivity index (χ3v) is 1.84. The van der Waals surface area contributed by atoms with Gasteiger partial charge in [0.1, 0.15) is 5.69 Å². The van der Waals surface area contributed by atoms with Crippen molar-refractivity contribution >= 4 is 40.1 Å². The van der Waals surface area contributed by atoms with Gasteiger partial charge in [-0.3, -0.25) is 4.79 Å². The zero-order valence-electron chi connectivity index (χ0n) is 6.36. The molecular formula is C6H5ClN3O2S. The lowest BCUT2D eigenvalue weighted by molar-refractivity contribution is 0.193. The summed E-state index contributed by atoms with van der Waals surface area (Å²) in [6.45, 7) is 0. The summed E-state index contributed by atoms with van der Waals surface area (Å²) in [4.78, 5) is 18.6. The van der Waals surface area contributed by atoms with Crippen LogP contribution in [-0.4, -0.2) is 23.0 Å². The lowest BCUT2D eigenvalue weighted by Crippen LogP contribution is -2.04. The van der Waals surface area contributed by atoms with Crippen LogP contribution < -0.4 is 5.73 Å². The number of hydrogen-bond acceptors (Lipinski definition) is 6. The third-order valence-electron chi connectivity index (χ3n) is 1.07. The molecule has 2 N–H and O–H groups in total. The van der Waals surface area contributed by atoms with Crippen molar-refractivity contribution in [2.24, 2.45) is 5.16 Å². The Kier molecular flexibility index (Phi) is 3.66. The third kappa shape index (κ3) is 2.67. The summed E-state index contributed by atoms with van der Waals surface area (Å²) in [5, 5.41) is 5.32. The number of carbonyl (C=O) groups excluding carboxylic acids is 1. The minimum Gasteiger partial charge on any atom is -0.379 e. The molecular weight excluding hydrogens is 214 g/mol. The van der Waals surface area contributed by atoms with Crippen molar-refractivity contribution in [1.29, 1.82) is 0 Å². The van der Waals surface area contributed by atoms with E-state index in [-0.39, 0.29) is 11.8 Å². The summed E-state index contributed by atoms with van der Waals surface area (Å²) in [6.07, 6.45) is 1.57. The first-order valence-corrected chi connectivity index (χ1v) is 4.54. The molecule has 1 radical (unpaired) electrons. The molecule has 0 aliphatic heterocycles. The number of oxime groups is 1. The summed E-state index contributed by atoms with van der Waals surface area (Å²) in [5.41, 5.74) is 5.64. The molecule has 0 saturated heterocycles. The van der Waals surface area contributed by atoms with Gasteiger partial charge in [0, 0.05) is 5.38 Å². The Balaban J connectivity index is 2.84. The second-order valence-corrected chi connectivity index (χ2v) is 2.96. The van der Waals surface area contributed by atoms with Crippen molar-refractivity contribution in [2.75, 3.05) is 11.8 Å². The molecule has 0 saturated carbocycles. The van der Waals surface area contributed by atoms with E-state index in [9.17, 15) is 4.79 Å². The molecule has 13 heavy (non-hydrogen) atoms. The van der Waals surface area contributed by atoms with E-state index in [1.807, 2.05) is 0 Å². The molecule has 7 heteroatoms. The van der Waals surface area contributed by atoms with Crippen LogP contribution in [0.4, 0.5) is 5.13 Å². The molecule has 0 aliphatic rings. The number of aromatic nitrogens is 1. The van der Waals surface area contributed by atoms with Gasteiger partial charge in [-0.15, -0.1) is 11.3 Å². The maximum atomic E-state index is 10.4. The van der Waals surface area contributed by atoms with Gasteiger partial charge in [-0.1, -0.05) is 16.8 Å². The molecule has 69 valence electrons. The molecule has 0 aromatic carbocycles. The molecule has 0 unspecified atom stereocenters. The summed E-state index contributed by atoms with van der Waals surface area (Å²) in [7, 11) is 0. The maximum absolute atomic E-state index is 10.4. The number of halogens is 1. The first-order chi connectivity index (χ1) is 6.27. The molecule has 0 fully saturated rings. The summed E-state index contributed by atoms with van der Waals surface area (Å²) in [5.74, 6) is 0. The summed E-state index contributed by atoms with van der Waals surface area (Å²) < 4.78 is 0. The zero-order valence-corrected chi connectivity index (χ0v) is 7.93. The van der Waals surface area contributed by atoms with Crippen LogP contribution in [-0.2, 0) is 9.63 Å². The van der Waals surface area contributed by atoms with E-state index < -0.39 is 0 Å². The zero-order chi connectivity index (χ0) is 9.68. The van der Waals surface area contributed by atoms with Crippen molar-refractivity contribution in [2.45, 2.75) is 0 Å². The lowest BCUT2D eigenvalue weighted by Gasteiger charge is -1.92. The van der Waals surface area contributed by atoms with E-state index in [1.54, 1.807) is 11.7 Å². The van der Waals surface area contributed by atoms with Crippen molar-refractivity contribution in [3.05, 3.63) is 11.1 Å². The Morgan fingerprint density at radius 3 is 3.15 bits per heavy atom. The van der Waals surface area contributed by atoms with Crippen LogP contribution in [0.1, 0.15) is 5.69 Å². The average Bonchev–Trinajstić information content (AvgIpc) is 2.54. The normalized spacial score (nSPS) is 11.3. The predicted molar refractivity (Wildman–Crippen MR) is 50.6 cm³/mol. The van der Waals surface area contributed by atoms with E-state index in [0.717, 1.165) is 0 Å². The summed E-state index contributed by atoms with van der Waals surface area (Å²) in [6, 6.07) is -0.134. The highest BCUT2D eigenvalue weighted by Gasteiger charge is 2.08. The van der Waals surface area contributed by atoms with Gasteiger partial charge in [0.15, 0.2) is 16.9 Å². The number of thiazole rings is 1. The van der Waals surface area contributed by atoms with Crippen molar-refractivity contribution in [3.63, 3.8) is 0 Å². The Morgan fingerprint density at radius 1 is 1.92 bits per heavy atom. The first-order valence-electron chi connectivity index (χ1n) is 3.13. The molecule has 0 bridgehead atoms. The van der Waals surface area contributed by atoms with Gasteiger partial charge in [0.05, 0.1) is 0 Å². The van der Waals surface area contributed by atoms with Crippen LogP contribution in [0.2, 0.25) is 0 Å². The largest absolute Gasteiger partial charge is 0.379 e. The van der Waals surface area contributed by atoms with Crippen LogP contribution in [0.15, 0.2) is 10.5 Å². The van der Waals surface area contributed by atoms with Gasteiger partial charge in [0.2, 0.25) is 0 Å². The molecule has 0 spiro atoms. The second-order valence-electron chi connectivity index (χ2n) is 1.85. The molecule has 1 heterocycles. The fraction of sp³-hybridized carbons (Fsp3) is 0.167. The average molecular weight is 219 g/mol. The molecule has 1 rings (SSSR count). The standard InChI is InChI=1S/C6H5ClN3O2S/c7-3-12-10-4(1-11)5-2-13-6(8)9-5/h2H,3H2,(H2,8,9)/b10-4+. The minimum atomic E-state index is -0.134. The molecule has 0 amide bonds. The van der Waals surface area contributed by atoms with Crippen LogP contribution in [0, 0.1) is 0 Å². The van der Waals surface area contributed by atoms with Gasteiger partial charge < -0.3 is 10.6 Å². The first kappa shape index (κ1) is 9.94. The predicted octanol–water partition coefficient (Wildman–Crippen LogP) is 0.752. The number of nitrogens with two attached hydrogens (primary N) is 1. The highest BCUT2D eigenvalue weighted by molar-refractivity contribution is 7.13. The minimum absolute atomic E-state index is 0.0476.